The molecule has 2 aromatic rings. The van der Waals surface area contributed by atoms with E-state index in [0.717, 1.165) is 36.5 Å². The van der Waals surface area contributed by atoms with Crippen LogP contribution < -0.4 is 19.5 Å². The summed E-state index contributed by atoms with van der Waals surface area (Å²) in [5, 5.41) is 5.19. The van der Waals surface area contributed by atoms with E-state index in [1.165, 1.54) is 69.9 Å². The third kappa shape index (κ3) is 11.9. The van der Waals surface area contributed by atoms with Crippen LogP contribution >= 0.6 is 11.8 Å². The number of thioether (sulfide) groups is 1. The number of hydrogen-bond donors (Lipinski definition) is 1. The zero-order chi connectivity index (χ0) is 29.1. The lowest BCUT2D eigenvalue weighted by atomic mass is 10.1. The summed E-state index contributed by atoms with van der Waals surface area (Å²) in [4.78, 5) is 15.1. The van der Waals surface area contributed by atoms with Crippen LogP contribution in [0.1, 0.15) is 96.5 Å². The highest BCUT2D eigenvalue weighted by Crippen LogP contribution is 2.37. The van der Waals surface area contributed by atoms with E-state index in [9.17, 15) is 4.79 Å². The Bertz CT molecular complexity index is 1070. The van der Waals surface area contributed by atoms with E-state index in [0.29, 0.717) is 23.9 Å². The molecule has 7 heteroatoms. The van der Waals surface area contributed by atoms with E-state index in [1.807, 2.05) is 36.4 Å². The van der Waals surface area contributed by atoms with Gasteiger partial charge in [0.15, 0.2) is 18.1 Å². The zero-order valence-corrected chi connectivity index (χ0v) is 26.2. The van der Waals surface area contributed by atoms with E-state index in [4.69, 9.17) is 14.2 Å². The van der Waals surface area contributed by atoms with Gasteiger partial charge in [0.05, 0.1) is 19.6 Å². The molecule has 0 saturated heterocycles. The van der Waals surface area contributed by atoms with Gasteiger partial charge in [-0.15, -0.1) is 11.8 Å². The summed E-state index contributed by atoms with van der Waals surface area (Å²) in [5.41, 5.74) is 3.12. The van der Waals surface area contributed by atoms with E-state index in [1.54, 1.807) is 18.9 Å². The van der Waals surface area contributed by atoms with Crippen molar-refractivity contribution in [3.8, 4) is 17.2 Å². The summed E-state index contributed by atoms with van der Waals surface area (Å²) in [5.74, 6) is 2.39. The maximum Gasteiger partial charge on any atom is 0.262 e. The Kier molecular flexibility index (Phi) is 15.4. The quantitative estimate of drug-likeness (QED) is 0.148. The molecule has 1 aliphatic heterocycles. The van der Waals surface area contributed by atoms with Crippen LogP contribution in [0.25, 0.3) is 0 Å². The molecule has 0 aliphatic carbocycles. The molecule has 0 bridgehead atoms. The lowest BCUT2D eigenvalue weighted by Crippen LogP contribution is -2.23. The highest BCUT2D eigenvalue weighted by atomic mass is 32.2. The monoisotopic (exact) mass is 582 g/mol. The number of carbonyl (C=O) groups excluding carboxylic acids is 1. The summed E-state index contributed by atoms with van der Waals surface area (Å²) < 4.78 is 17.6. The number of carbonyl (C=O) groups is 1. The Hall–Kier alpha value is -2.80. The molecule has 1 aliphatic rings. The molecule has 0 spiro atoms. The second-order valence-electron chi connectivity index (χ2n) is 10.8. The van der Waals surface area contributed by atoms with Crippen LogP contribution in [0.2, 0.25) is 0 Å². The predicted molar refractivity (Wildman–Crippen MR) is 172 cm³/mol. The van der Waals surface area contributed by atoms with Crippen LogP contribution in [0.3, 0.4) is 0 Å². The Morgan fingerprint density at radius 1 is 0.854 bits per heavy atom. The van der Waals surface area contributed by atoms with Gasteiger partial charge in [0.1, 0.15) is 0 Å². The average Bonchev–Trinajstić information content (AvgIpc) is 3.39. The zero-order valence-electron chi connectivity index (χ0n) is 25.4. The molecule has 6 nitrogen and oxygen atoms in total. The molecule has 1 heterocycles. The molecule has 0 radical (unpaired) electrons. The third-order valence-electron chi connectivity index (χ3n) is 7.40. The van der Waals surface area contributed by atoms with Crippen molar-refractivity contribution in [2.75, 3.05) is 31.5 Å². The number of rotatable bonds is 21. The van der Waals surface area contributed by atoms with Gasteiger partial charge in [0, 0.05) is 17.9 Å². The first-order chi connectivity index (χ1) is 20.1. The average molecular weight is 583 g/mol. The van der Waals surface area contributed by atoms with Crippen molar-refractivity contribution < 1.29 is 19.0 Å². The number of methoxy groups -OCH3 is 1. The van der Waals surface area contributed by atoms with E-state index in [2.05, 4.69) is 35.5 Å². The number of nitrogens with one attached hydrogen (secondary N) is 1. The number of ether oxygens (including phenoxy) is 3. The molecule has 1 N–H and O–H groups in total. The van der Waals surface area contributed by atoms with Gasteiger partial charge >= 0.3 is 0 Å². The van der Waals surface area contributed by atoms with Crippen LogP contribution in [0.4, 0.5) is 5.69 Å². The molecule has 2 aromatic carbocycles. The lowest BCUT2D eigenvalue weighted by molar-refractivity contribution is -0.118. The fraction of sp³-hybridized carbons (Fsp3) is 0.559. The van der Waals surface area contributed by atoms with Crippen molar-refractivity contribution in [1.29, 1.82) is 0 Å². The topological polar surface area (TPSA) is 60.0 Å². The van der Waals surface area contributed by atoms with Crippen LogP contribution in [-0.4, -0.2) is 37.0 Å². The minimum absolute atomic E-state index is 0.116. The number of benzene rings is 2. The largest absolute Gasteiger partial charge is 0.493 e. The Balaban J connectivity index is 1.39. The van der Waals surface area contributed by atoms with E-state index in [-0.39, 0.29) is 12.5 Å². The predicted octanol–water partition coefficient (Wildman–Crippen LogP) is 9.16. The van der Waals surface area contributed by atoms with Gasteiger partial charge in [0.2, 0.25) is 5.75 Å². The number of amides is 1. The molecule has 3 rings (SSSR count). The minimum Gasteiger partial charge on any atom is -0.493 e. The van der Waals surface area contributed by atoms with Gasteiger partial charge in [-0.2, -0.15) is 0 Å². The van der Waals surface area contributed by atoms with Crippen LogP contribution in [0, 0.1) is 0 Å². The van der Waals surface area contributed by atoms with E-state index >= 15 is 0 Å². The van der Waals surface area contributed by atoms with Crippen LogP contribution in [0.15, 0.2) is 53.6 Å². The fourth-order valence-corrected chi connectivity index (χ4v) is 5.88. The molecule has 226 valence electrons. The molecule has 1 amide bonds. The molecular weight excluding hydrogens is 532 g/mol. The Labute approximate surface area is 252 Å². The molecular formula is C34H50N2O4S. The fourth-order valence-electron chi connectivity index (χ4n) is 4.94. The first-order valence-electron chi connectivity index (χ1n) is 15.5. The second kappa shape index (κ2) is 19.3. The molecule has 0 unspecified atom stereocenters. The minimum atomic E-state index is -0.213. The second-order valence-corrected chi connectivity index (χ2v) is 11.6. The normalized spacial score (nSPS) is 12.8. The standard InChI is InChI=1S/C34H50N2O4S/c1-4-5-6-7-8-9-10-11-12-13-14-17-23-39-34-31(38-3)21-18-22-32(34)40-25-33(37)35-30-20-16-15-19-29(30)24-36-27-41-26-28(36)2/h15-16,18-22,26H,4-14,17,23-25,27H2,1-3H3,(H,35,37). The molecule has 0 aromatic heterocycles. The number of anilines is 1. The molecule has 41 heavy (non-hydrogen) atoms. The van der Waals surface area contributed by atoms with Crippen molar-refractivity contribution in [3.63, 3.8) is 0 Å². The van der Waals surface area contributed by atoms with Gasteiger partial charge in [-0.3, -0.25) is 4.79 Å². The number of hydrogen-bond acceptors (Lipinski definition) is 6. The maximum absolute atomic E-state index is 12.9. The summed E-state index contributed by atoms with van der Waals surface area (Å²) in [6.07, 6.45) is 15.6. The smallest absolute Gasteiger partial charge is 0.262 e. The third-order valence-corrected chi connectivity index (χ3v) is 8.37. The van der Waals surface area contributed by atoms with Crippen molar-refractivity contribution >= 4 is 23.4 Å². The van der Waals surface area contributed by atoms with E-state index < -0.39 is 0 Å². The number of unbranched alkanes of at least 4 members (excludes halogenated alkanes) is 11. The SMILES string of the molecule is CCCCCCCCCCCCCCOc1c(OC)cccc1OCC(=O)Nc1ccccc1CN1CSC=C1C. The maximum atomic E-state index is 12.9. The molecule has 0 saturated carbocycles. The first kappa shape index (κ1) is 32.7. The summed E-state index contributed by atoms with van der Waals surface area (Å²) in [7, 11) is 1.62. The summed E-state index contributed by atoms with van der Waals surface area (Å²) in [6, 6.07) is 13.4. The molecule has 0 fully saturated rings. The van der Waals surface area contributed by atoms with Gasteiger partial charge in [-0.1, -0.05) is 102 Å². The van der Waals surface area contributed by atoms with Crippen LogP contribution in [0.5, 0.6) is 17.2 Å². The first-order valence-corrected chi connectivity index (χ1v) is 16.5. The van der Waals surface area contributed by atoms with Crippen molar-refractivity contribution in [1.82, 2.24) is 4.90 Å². The number of para-hydroxylation sites is 2. The molecule has 0 atom stereocenters. The summed E-state index contributed by atoms with van der Waals surface area (Å²) >= 11 is 1.79. The van der Waals surface area contributed by atoms with Crippen molar-refractivity contribution in [2.24, 2.45) is 0 Å². The Morgan fingerprint density at radius 2 is 1.51 bits per heavy atom. The van der Waals surface area contributed by atoms with Crippen molar-refractivity contribution in [2.45, 2.75) is 97.4 Å². The van der Waals surface area contributed by atoms with Gasteiger partial charge in [-0.25, -0.2) is 0 Å². The van der Waals surface area contributed by atoms with Crippen LogP contribution in [-0.2, 0) is 11.3 Å². The van der Waals surface area contributed by atoms with Gasteiger partial charge in [-0.05, 0) is 42.5 Å². The number of nitrogens with zero attached hydrogens (tertiary/aromatic N) is 1. The Morgan fingerprint density at radius 3 is 2.17 bits per heavy atom. The highest BCUT2D eigenvalue weighted by Gasteiger charge is 2.16. The highest BCUT2D eigenvalue weighted by molar-refractivity contribution is 8.02. The van der Waals surface area contributed by atoms with Gasteiger partial charge in [0.25, 0.3) is 5.91 Å². The van der Waals surface area contributed by atoms with Crippen molar-refractivity contribution in [3.05, 3.63) is 59.1 Å². The number of allylic oxidation sites excluding steroid dienone is 1. The lowest BCUT2D eigenvalue weighted by Gasteiger charge is -2.21. The summed E-state index contributed by atoms with van der Waals surface area (Å²) in [6.45, 7) is 5.61. The van der Waals surface area contributed by atoms with Gasteiger partial charge < -0.3 is 24.4 Å².